The first kappa shape index (κ1) is 20.0. The highest BCUT2D eigenvalue weighted by atomic mass is 16.6. The fourth-order valence-electron chi connectivity index (χ4n) is 1.32. The van der Waals surface area contributed by atoms with E-state index in [9.17, 15) is 9.59 Å². The minimum Gasteiger partial charge on any atom is -0.463 e. The Hall–Kier alpha value is -0.980. The SMILES string of the molecule is COC(C)COC(C)COC(C)COC(=O)CCC(C)=O. The quantitative estimate of drug-likeness (QED) is 0.512. The molecule has 0 saturated heterocycles. The summed E-state index contributed by atoms with van der Waals surface area (Å²) in [5, 5.41) is 0. The van der Waals surface area contributed by atoms with E-state index in [1.165, 1.54) is 6.92 Å². The molecule has 124 valence electrons. The molecule has 0 aromatic heterocycles. The van der Waals surface area contributed by atoms with Crippen molar-refractivity contribution in [3.8, 4) is 0 Å². The van der Waals surface area contributed by atoms with Crippen molar-refractivity contribution in [2.75, 3.05) is 26.9 Å². The molecule has 0 bridgehead atoms. The summed E-state index contributed by atoms with van der Waals surface area (Å²) in [6.45, 7) is 8.22. The van der Waals surface area contributed by atoms with Gasteiger partial charge < -0.3 is 23.7 Å². The maximum absolute atomic E-state index is 11.3. The van der Waals surface area contributed by atoms with Crippen molar-refractivity contribution in [1.82, 2.24) is 0 Å². The maximum atomic E-state index is 11.3. The highest BCUT2D eigenvalue weighted by Crippen LogP contribution is 2.01. The van der Waals surface area contributed by atoms with Gasteiger partial charge in [-0.15, -0.1) is 0 Å². The molecule has 0 spiro atoms. The third kappa shape index (κ3) is 12.5. The van der Waals surface area contributed by atoms with E-state index in [-0.39, 0.29) is 49.5 Å². The summed E-state index contributed by atoms with van der Waals surface area (Å²) in [4.78, 5) is 22.1. The second-order valence-corrected chi connectivity index (χ2v) is 5.22. The standard InChI is InChI=1S/C15H28O6/c1-11(16)6-7-15(17)21-10-14(4)20-9-13(3)19-8-12(2)18-5/h12-14H,6-10H2,1-5H3. The largest absolute Gasteiger partial charge is 0.463 e. The van der Waals surface area contributed by atoms with Gasteiger partial charge in [0.1, 0.15) is 12.4 Å². The molecule has 6 heteroatoms. The van der Waals surface area contributed by atoms with Crippen molar-refractivity contribution in [2.45, 2.75) is 58.8 Å². The molecule has 0 aliphatic heterocycles. The van der Waals surface area contributed by atoms with Gasteiger partial charge >= 0.3 is 5.97 Å². The first-order valence-corrected chi connectivity index (χ1v) is 7.26. The number of methoxy groups -OCH3 is 1. The molecule has 0 aliphatic carbocycles. The number of hydrogen-bond acceptors (Lipinski definition) is 6. The molecule has 0 rings (SSSR count). The van der Waals surface area contributed by atoms with Crippen molar-refractivity contribution in [1.29, 1.82) is 0 Å². The number of ether oxygens (including phenoxy) is 4. The molecular formula is C15H28O6. The fraction of sp³-hybridized carbons (Fsp3) is 0.867. The van der Waals surface area contributed by atoms with Crippen LogP contribution in [0.2, 0.25) is 0 Å². The summed E-state index contributed by atoms with van der Waals surface area (Å²) in [7, 11) is 1.64. The van der Waals surface area contributed by atoms with Crippen LogP contribution in [0.4, 0.5) is 0 Å². The topological polar surface area (TPSA) is 71.1 Å². The van der Waals surface area contributed by atoms with Gasteiger partial charge in [-0.2, -0.15) is 0 Å². The predicted octanol–water partition coefficient (Wildman–Crippen LogP) is 1.74. The lowest BCUT2D eigenvalue weighted by molar-refractivity contribution is -0.149. The van der Waals surface area contributed by atoms with Crippen molar-refractivity contribution in [2.24, 2.45) is 0 Å². The van der Waals surface area contributed by atoms with Gasteiger partial charge in [0, 0.05) is 13.5 Å². The summed E-state index contributed by atoms with van der Waals surface area (Å²) in [5.74, 6) is -0.397. The van der Waals surface area contributed by atoms with Crippen LogP contribution in [-0.2, 0) is 28.5 Å². The summed E-state index contributed by atoms with van der Waals surface area (Å²) < 4.78 is 21.2. The lowest BCUT2D eigenvalue weighted by Crippen LogP contribution is -2.27. The average Bonchev–Trinajstić information content (AvgIpc) is 2.45. The van der Waals surface area contributed by atoms with Crippen molar-refractivity contribution in [3.05, 3.63) is 0 Å². The van der Waals surface area contributed by atoms with Crippen LogP contribution < -0.4 is 0 Å². The number of rotatable bonds is 12. The van der Waals surface area contributed by atoms with Crippen LogP contribution in [-0.4, -0.2) is 57.0 Å². The normalized spacial score (nSPS) is 15.3. The van der Waals surface area contributed by atoms with Crippen LogP contribution >= 0.6 is 0 Å². The van der Waals surface area contributed by atoms with Gasteiger partial charge in [-0.3, -0.25) is 4.79 Å². The minimum absolute atomic E-state index is 0.0208. The van der Waals surface area contributed by atoms with Gasteiger partial charge in [0.05, 0.1) is 37.9 Å². The van der Waals surface area contributed by atoms with E-state index in [2.05, 4.69) is 0 Å². The molecular weight excluding hydrogens is 276 g/mol. The molecule has 0 aromatic rings. The van der Waals surface area contributed by atoms with Crippen molar-refractivity contribution < 1.29 is 28.5 Å². The second kappa shape index (κ2) is 11.7. The van der Waals surface area contributed by atoms with E-state index >= 15 is 0 Å². The molecule has 6 nitrogen and oxygen atoms in total. The first-order chi connectivity index (χ1) is 9.85. The van der Waals surface area contributed by atoms with Crippen LogP contribution in [0.25, 0.3) is 0 Å². The van der Waals surface area contributed by atoms with Crippen molar-refractivity contribution in [3.63, 3.8) is 0 Å². The zero-order valence-electron chi connectivity index (χ0n) is 13.7. The Kier molecular flexibility index (Phi) is 11.1. The molecule has 0 N–H and O–H groups in total. The highest BCUT2D eigenvalue weighted by molar-refractivity contribution is 5.80. The van der Waals surface area contributed by atoms with Gasteiger partial charge in [0.15, 0.2) is 0 Å². The van der Waals surface area contributed by atoms with Gasteiger partial charge in [0.2, 0.25) is 0 Å². The Morgan fingerprint density at radius 3 is 1.90 bits per heavy atom. The van der Waals surface area contributed by atoms with Crippen LogP contribution in [0.5, 0.6) is 0 Å². The zero-order chi connectivity index (χ0) is 16.3. The summed E-state index contributed by atoms with van der Waals surface area (Å²) >= 11 is 0. The van der Waals surface area contributed by atoms with Crippen LogP contribution in [0.15, 0.2) is 0 Å². The predicted molar refractivity (Wildman–Crippen MR) is 78.2 cm³/mol. The van der Waals surface area contributed by atoms with Crippen LogP contribution in [0, 0.1) is 0 Å². The Labute approximate surface area is 127 Å². The van der Waals surface area contributed by atoms with E-state index < -0.39 is 0 Å². The number of esters is 1. The van der Waals surface area contributed by atoms with Gasteiger partial charge in [0.25, 0.3) is 0 Å². The third-order valence-corrected chi connectivity index (χ3v) is 2.79. The number of hydrogen-bond donors (Lipinski definition) is 0. The molecule has 3 unspecified atom stereocenters. The van der Waals surface area contributed by atoms with Gasteiger partial charge in [-0.25, -0.2) is 0 Å². The average molecular weight is 304 g/mol. The minimum atomic E-state index is -0.376. The summed E-state index contributed by atoms with van der Waals surface area (Å²) in [5.41, 5.74) is 0. The Bertz CT molecular complexity index is 305. The van der Waals surface area contributed by atoms with E-state index in [0.717, 1.165) is 0 Å². The smallest absolute Gasteiger partial charge is 0.306 e. The third-order valence-electron chi connectivity index (χ3n) is 2.79. The van der Waals surface area contributed by atoms with E-state index in [1.807, 2.05) is 20.8 Å². The molecule has 21 heavy (non-hydrogen) atoms. The van der Waals surface area contributed by atoms with Crippen LogP contribution in [0.3, 0.4) is 0 Å². The Morgan fingerprint density at radius 1 is 0.857 bits per heavy atom. The molecule has 0 fully saturated rings. The molecule has 0 amide bonds. The second-order valence-electron chi connectivity index (χ2n) is 5.22. The number of ketones is 1. The zero-order valence-corrected chi connectivity index (χ0v) is 13.7. The van der Waals surface area contributed by atoms with E-state index in [1.54, 1.807) is 7.11 Å². The van der Waals surface area contributed by atoms with Gasteiger partial charge in [-0.1, -0.05) is 0 Å². The summed E-state index contributed by atoms with van der Waals surface area (Å²) in [6, 6.07) is 0. The number of Topliss-reactive ketones (excluding diaryl/α,β-unsaturated/α-hetero) is 1. The van der Waals surface area contributed by atoms with E-state index in [4.69, 9.17) is 18.9 Å². The number of carbonyl (C=O) groups is 2. The Balaban J connectivity index is 3.67. The molecule has 0 aromatic carbocycles. The fourth-order valence-corrected chi connectivity index (χ4v) is 1.32. The van der Waals surface area contributed by atoms with Gasteiger partial charge in [-0.05, 0) is 27.7 Å². The first-order valence-electron chi connectivity index (χ1n) is 7.26. The molecule has 0 heterocycles. The van der Waals surface area contributed by atoms with Crippen LogP contribution in [0.1, 0.15) is 40.5 Å². The number of carbonyl (C=O) groups excluding carboxylic acids is 2. The lowest BCUT2D eigenvalue weighted by Gasteiger charge is -2.19. The van der Waals surface area contributed by atoms with Crippen molar-refractivity contribution >= 4 is 11.8 Å². The Morgan fingerprint density at radius 2 is 1.38 bits per heavy atom. The maximum Gasteiger partial charge on any atom is 0.306 e. The monoisotopic (exact) mass is 304 g/mol. The summed E-state index contributed by atoms with van der Waals surface area (Å²) in [6.07, 6.45) is 0.121. The molecule has 0 aliphatic rings. The molecule has 0 saturated carbocycles. The highest BCUT2D eigenvalue weighted by Gasteiger charge is 2.11. The lowest BCUT2D eigenvalue weighted by atomic mass is 10.2. The molecule has 3 atom stereocenters. The molecule has 0 radical (unpaired) electrons. The van der Waals surface area contributed by atoms with E-state index in [0.29, 0.717) is 13.2 Å².